The highest BCUT2D eigenvalue weighted by Crippen LogP contribution is 2.40. The second-order valence-corrected chi connectivity index (χ2v) is 11.3. The molecule has 0 spiro atoms. The van der Waals surface area contributed by atoms with Crippen LogP contribution in [-0.4, -0.2) is 41.7 Å². The third kappa shape index (κ3) is 4.42. The highest BCUT2D eigenvalue weighted by Gasteiger charge is 2.43. The highest BCUT2D eigenvalue weighted by molar-refractivity contribution is 6.05. The zero-order valence-corrected chi connectivity index (χ0v) is 22.8. The van der Waals surface area contributed by atoms with Crippen molar-refractivity contribution in [2.75, 3.05) is 20.2 Å². The lowest BCUT2D eigenvalue weighted by Gasteiger charge is -2.47. The molecule has 2 aliphatic rings. The van der Waals surface area contributed by atoms with Crippen LogP contribution in [0.25, 0.3) is 33.1 Å². The number of carbonyl (C=O) groups is 1. The fourth-order valence-corrected chi connectivity index (χ4v) is 6.67. The van der Waals surface area contributed by atoms with Crippen LogP contribution in [0.15, 0.2) is 50.2 Å². The third-order valence-electron chi connectivity index (χ3n) is 9.11. The number of aryl methyl sites for hydroxylation is 2. The van der Waals surface area contributed by atoms with Crippen LogP contribution in [0.4, 0.5) is 0 Å². The van der Waals surface area contributed by atoms with Crippen molar-refractivity contribution >= 4 is 27.8 Å². The number of aliphatic hydroxyl groups is 1. The summed E-state index contributed by atoms with van der Waals surface area (Å²) < 4.78 is 17.1. The van der Waals surface area contributed by atoms with Crippen molar-refractivity contribution in [1.29, 1.82) is 0 Å². The molecule has 0 radical (unpaired) electrons. The van der Waals surface area contributed by atoms with Crippen molar-refractivity contribution < 1.29 is 23.5 Å². The monoisotopic (exact) mass is 529 g/mol. The Morgan fingerprint density at radius 2 is 1.90 bits per heavy atom. The summed E-state index contributed by atoms with van der Waals surface area (Å²) in [5.41, 5.74) is 4.28. The number of likely N-dealkylation sites (tertiary alicyclic amines) is 1. The number of fused-ring (bicyclic) bond motifs is 3. The van der Waals surface area contributed by atoms with Gasteiger partial charge >= 0.3 is 5.63 Å². The Labute approximate surface area is 227 Å². The van der Waals surface area contributed by atoms with Gasteiger partial charge in [0.1, 0.15) is 16.9 Å². The van der Waals surface area contributed by atoms with E-state index in [4.69, 9.17) is 13.6 Å². The molecule has 1 saturated heterocycles. The summed E-state index contributed by atoms with van der Waals surface area (Å²) in [4.78, 5) is 28.1. The number of benzene rings is 2. The van der Waals surface area contributed by atoms with E-state index in [0.29, 0.717) is 42.7 Å². The number of carbonyl (C=O) groups excluding carboxylic acids is 1. The summed E-state index contributed by atoms with van der Waals surface area (Å²) in [6, 6.07) is 9.84. The van der Waals surface area contributed by atoms with Crippen molar-refractivity contribution in [3.63, 3.8) is 0 Å². The first-order valence-electron chi connectivity index (χ1n) is 13.9. The predicted molar refractivity (Wildman–Crippen MR) is 150 cm³/mol. The van der Waals surface area contributed by atoms with E-state index in [1.54, 1.807) is 13.4 Å². The van der Waals surface area contributed by atoms with Gasteiger partial charge in [-0.05, 0) is 68.9 Å². The van der Waals surface area contributed by atoms with Crippen LogP contribution in [0.3, 0.4) is 0 Å². The molecule has 1 saturated carbocycles. The van der Waals surface area contributed by atoms with Gasteiger partial charge in [-0.25, -0.2) is 4.79 Å². The molecule has 0 bridgehead atoms. The molecular formula is C32H35NO6. The van der Waals surface area contributed by atoms with Gasteiger partial charge in [-0.3, -0.25) is 4.79 Å². The lowest BCUT2D eigenvalue weighted by atomic mass is 9.71. The highest BCUT2D eigenvalue weighted by atomic mass is 16.5. The Bertz CT molecular complexity index is 1610. The van der Waals surface area contributed by atoms with Gasteiger partial charge < -0.3 is 23.6 Å². The van der Waals surface area contributed by atoms with Crippen molar-refractivity contribution in [3.8, 4) is 16.9 Å². The Morgan fingerprint density at radius 3 is 2.67 bits per heavy atom. The minimum atomic E-state index is -0.619. The Hall–Kier alpha value is -3.58. The normalized spacial score (nSPS) is 21.3. The maximum absolute atomic E-state index is 13.2. The quantitative estimate of drug-likeness (QED) is 0.323. The Morgan fingerprint density at radius 1 is 1.10 bits per heavy atom. The second kappa shape index (κ2) is 9.87. The maximum Gasteiger partial charge on any atom is 0.339 e. The molecule has 2 atom stereocenters. The fourth-order valence-electron chi connectivity index (χ4n) is 6.67. The SMILES string of the molecule is COc1ccc(-c2coc3c(C)c4oc(=O)c(CCC(=O)N5CC[C@@]6(O)CCCC[C@H]6C5)c(C)c4cc23)cc1. The molecule has 1 aliphatic heterocycles. The van der Waals surface area contributed by atoms with Crippen molar-refractivity contribution in [1.82, 2.24) is 4.90 Å². The smallest absolute Gasteiger partial charge is 0.339 e. The number of ether oxygens (including phenoxy) is 1. The van der Waals surface area contributed by atoms with E-state index in [1.807, 2.05) is 49.1 Å². The molecule has 6 rings (SSSR count). The van der Waals surface area contributed by atoms with Gasteiger partial charge in [-0.2, -0.15) is 0 Å². The van der Waals surface area contributed by atoms with Gasteiger partial charge in [0.05, 0.1) is 19.0 Å². The first-order chi connectivity index (χ1) is 18.8. The molecule has 7 nitrogen and oxygen atoms in total. The third-order valence-corrected chi connectivity index (χ3v) is 9.11. The van der Waals surface area contributed by atoms with Gasteiger partial charge in [0.25, 0.3) is 0 Å². The van der Waals surface area contributed by atoms with Gasteiger partial charge in [-0.1, -0.05) is 25.0 Å². The number of methoxy groups -OCH3 is 1. The molecule has 1 N–H and O–H groups in total. The maximum atomic E-state index is 13.2. The van der Waals surface area contributed by atoms with E-state index < -0.39 is 11.2 Å². The average Bonchev–Trinajstić information content (AvgIpc) is 3.37. The van der Waals surface area contributed by atoms with Gasteiger partial charge in [0.2, 0.25) is 5.91 Å². The van der Waals surface area contributed by atoms with E-state index in [9.17, 15) is 14.7 Å². The first-order valence-corrected chi connectivity index (χ1v) is 13.9. The molecule has 3 heterocycles. The van der Waals surface area contributed by atoms with Crippen LogP contribution in [0.5, 0.6) is 5.75 Å². The molecule has 39 heavy (non-hydrogen) atoms. The van der Waals surface area contributed by atoms with Crippen LogP contribution in [-0.2, 0) is 11.2 Å². The summed E-state index contributed by atoms with van der Waals surface area (Å²) in [6.45, 7) is 5.01. The fraction of sp³-hybridized carbons (Fsp3) is 0.438. The molecule has 2 aromatic heterocycles. The van der Waals surface area contributed by atoms with Crippen LogP contribution >= 0.6 is 0 Å². The molecule has 204 valence electrons. The van der Waals surface area contributed by atoms with E-state index in [0.717, 1.165) is 64.5 Å². The van der Waals surface area contributed by atoms with Crippen molar-refractivity contribution in [2.45, 2.75) is 64.4 Å². The molecule has 7 heteroatoms. The summed E-state index contributed by atoms with van der Waals surface area (Å²) in [6.07, 6.45) is 6.90. The largest absolute Gasteiger partial charge is 0.497 e. The van der Waals surface area contributed by atoms with Crippen LogP contribution in [0, 0.1) is 19.8 Å². The van der Waals surface area contributed by atoms with Crippen LogP contribution in [0.2, 0.25) is 0 Å². The number of hydrogen-bond donors (Lipinski definition) is 1. The number of rotatable bonds is 5. The zero-order chi connectivity index (χ0) is 27.3. The Kier molecular flexibility index (Phi) is 6.50. The number of nitrogens with zero attached hydrogens (tertiary/aromatic N) is 1. The topological polar surface area (TPSA) is 93.1 Å². The van der Waals surface area contributed by atoms with Crippen LogP contribution in [0.1, 0.15) is 55.2 Å². The van der Waals surface area contributed by atoms with Gasteiger partial charge in [0.15, 0.2) is 0 Å². The molecule has 0 unspecified atom stereocenters. The number of piperidine rings is 1. The lowest BCUT2D eigenvalue weighted by molar-refractivity contribution is -0.143. The standard InChI is InChI=1S/C32H35NO6/c1-19-24(11-12-28(34)33-15-14-32(36)13-5-4-6-22(32)17-33)31(35)39-30-20(2)29-26(16-25(19)30)27(18-38-29)21-7-9-23(37-3)10-8-21/h7-10,16,18,22,36H,4-6,11-15,17H2,1-3H3/t22-,32-/m0/s1. The van der Waals surface area contributed by atoms with Crippen molar-refractivity contribution in [3.05, 3.63) is 63.7 Å². The number of furan rings is 1. The van der Waals surface area contributed by atoms with E-state index in [1.165, 1.54) is 0 Å². The molecule has 4 aromatic rings. The number of amides is 1. The van der Waals surface area contributed by atoms with E-state index in [2.05, 4.69) is 0 Å². The summed E-state index contributed by atoms with van der Waals surface area (Å²) in [5.74, 6) is 0.963. The van der Waals surface area contributed by atoms with E-state index >= 15 is 0 Å². The minimum Gasteiger partial charge on any atom is -0.497 e. The lowest BCUT2D eigenvalue weighted by Crippen LogP contribution is -2.54. The molecule has 1 amide bonds. The van der Waals surface area contributed by atoms with Gasteiger partial charge in [0, 0.05) is 52.9 Å². The molecule has 1 aliphatic carbocycles. The summed E-state index contributed by atoms with van der Waals surface area (Å²) in [5, 5.41) is 12.8. The number of hydrogen-bond acceptors (Lipinski definition) is 6. The molecule has 2 aromatic carbocycles. The summed E-state index contributed by atoms with van der Waals surface area (Å²) in [7, 11) is 1.64. The van der Waals surface area contributed by atoms with E-state index in [-0.39, 0.29) is 18.2 Å². The zero-order valence-electron chi connectivity index (χ0n) is 22.8. The molecular weight excluding hydrogens is 494 g/mol. The van der Waals surface area contributed by atoms with Gasteiger partial charge in [-0.15, -0.1) is 0 Å². The first kappa shape index (κ1) is 25.7. The average molecular weight is 530 g/mol. The second-order valence-electron chi connectivity index (χ2n) is 11.3. The Balaban J connectivity index is 1.29. The predicted octanol–water partition coefficient (Wildman–Crippen LogP) is 5.92. The van der Waals surface area contributed by atoms with Crippen molar-refractivity contribution in [2.24, 2.45) is 5.92 Å². The van der Waals surface area contributed by atoms with Crippen LogP contribution < -0.4 is 10.4 Å². The summed E-state index contributed by atoms with van der Waals surface area (Å²) >= 11 is 0. The molecule has 2 fully saturated rings. The minimum absolute atomic E-state index is 0.0322.